The van der Waals surface area contributed by atoms with Crippen LogP contribution in [0.3, 0.4) is 0 Å². The molecule has 0 aliphatic rings. The summed E-state index contributed by atoms with van der Waals surface area (Å²) in [5, 5.41) is 45.0. The highest BCUT2D eigenvalue weighted by atomic mass is 16.6. The Bertz CT molecular complexity index is 1960. The summed E-state index contributed by atoms with van der Waals surface area (Å²) >= 11 is 0. The third-order valence-corrected chi connectivity index (χ3v) is 6.43. The first-order valence-corrected chi connectivity index (χ1v) is 14.2. The van der Waals surface area contributed by atoms with Crippen LogP contribution in [0.2, 0.25) is 0 Å². The van der Waals surface area contributed by atoms with Gasteiger partial charge in [0.25, 0.3) is 0 Å². The van der Waals surface area contributed by atoms with Gasteiger partial charge in [-0.05, 0) is 137 Å². The van der Waals surface area contributed by atoms with Gasteiger partial charge in [0.15, 0.2) is 22.8 Å². The highest BCUT2D eigenvalue weighted by Crippen LogP contribution is 2.21. The Labute approximate surface area is 280 Å². The van der Waals surface area contributed by atoms with Crippen molar-refractivity contribution >= 4 is 71.9 Å². The van der Waals surface area contributed by atoms with Gasteiger partial charge >= 0.3 is 23.3 Å². The maximum absolute atomic E-state index is 11.3. The molecule has 5 heterocycles. The van der Waals surface area contributed by atoms with Crippen molar-refractivity contribution in [2.24, 2.45) is 0 Å². The van der Waals surface area contributed by atoms with Gasteiger partial charge in [-0.25, -0.2) is 9.97 Å². The van der Waals surface area contributed by atoms with E-state index in [0.717, 1.165) is 0 Å². The summed E-state index contributed by atoms with van der Waals surface area (Å²) in [4.78, 5) is 67.9. The van der Waals surface area contributed by atoms with Gasteiger partial charge in [0, 0.05) is 24.3 Å². The Morgan fingerprint density at radius 2 is 0.560 bits per heavy atom. The Kier molecular flexibility index (Phi) is 10.2. The zero-order valence-corrected chi connectivity index (χ0v) is 25.3. The lowest BCUT2D eigenvalue weighted by atomic mass is 10.1. The minimum atomic E-state index is -0.639. The summed E-state index contributed by atoms with van der Waals surface area (Å²) in [6, 6.07) is 16.9. The molecule has 0 aliphatic heterocycles. The van der Waals surface area contributed by atoms with Gasteiger partial charge in [-0.1, -0.05) is 0 Å². The van der Waals surface area contributed by atoms with Crippen molar-refractivity contribution in [1.29, 1.82) is 0 Å². The molecule has 50 heavy (non-hydrogen) atoms. The van der Waals surface area contributed by atoms with E-state index in [0.29, 0.717) is 0 Å². The molecule has 246 valence electrons. The van der Waals surface area contributed by atoms with Gasteiger partial charge < -0.3 is 40.5 Å². The lowest BCUT2D eigenvalue weighted by Crippen LogP contribution is -2.00. The van der Waals surface area contributed by atoms with Crippen LogP contribution >= 0.6 is 0 Å². The zero-order valence-electron chi connectivity index (χ0n) is 25.3. The first-order valence-electron chi connectivity index (χ1n) is 14.2. The number of hydrogen-bond donors (Lipinski definition) is 0. The summed E-state index contributed by atoms with van der Waals surface area (Å²) in [6.07, 6.45) is 11.9. The van der Waals surface area contributed by atoms with Crippen LogP contribution in [0.4, 0.5) is 23.3 Å². The molecular formula is C32H20N10O8. The van der Waals surface area contributed by atoms with E-state index in [2.05, 4.69) is 19.9 Å². The molecule has 0 atom stereocenters. The minimum absolute atomic E-state index is 0.220. The van der Waals surface area contributed by atoms with Crippen LogP contribution in [0.1, 0.15) is 45.6 Å². The molecule has 0 aliphatic carbocycles. The molecule has 0 bridgehead atoms. The van der Waals surface area contributed by atoms with Crippen molar-refractivity contribution in [2.45, 2.75) is 0 Å². The second-order valence-electron chi connectivity index (χ2n) is 9.81. The van der Waals surface area contributed by atoms with Gasteiger partial charge in [-0.3, -0.25) is 0 Å². The maximum Gasteiger partial charge on any atom is 0.364 e. The smallest absolute Gasteiger partial charge is 0.358 e. The van der Waals surface area contributed by atoms with Crippen molar-refractivity contribution in [2.75, 3.05) is 0 Å². The molecule has 5 aromatic rings. The third kappa shape index (κ3) is 8.73. The van der Waals surface area contributed by atoms with Crippen LogP contribution < -0.4 is 0 Å². The summed E-state index contributed by atoms with van der Waals surface area (Å²) in [6.45, 7) is 0. The molecule has 0 N–H and O–H groups in total. The fourth-order valence-electron chi connectivity index (χ4n) is 4.17. The molecule has 5 rings (SSSR count). The molecule has 0 aromatic carbocycles. The fraction of sp³-hybridized carbons (Fsp3) is 0. The number of nitrogens with zero attached hydrogens (tertiary/aromatic N) is 10. The van der Waals surface area contributed by atoms with Crippen molar-refractivity contribution in [1.82, 2.24) is 29.9 Å². The van der Waals surface area contributed by atoms with Gasteiger partial charge in [0.05, 0.1) is 22.8 Å². The second-order valence-corrected chi connectivity index (χ2v) is 9.81. The Morgan fingerprint density at radius 1 is 0.340 bits per heavy atom. The summed E-state index contributed by atoms with van der Waals surface area (Å²) in [5.41, 5.74) is 1.80. The molecule has 18 heteroatoms. The molecule has 5 aromatic heterocycles. The van der Waals surface area contributed by atoms with Gasteiger partial charge in [-0.15, -0.1) is 0 Å². The van der Waals surface area contributed by atoms with Crippen LogP contribution in [-0.4, -0.2) is 49.6 Å². The topological polar surface area (TPSA) is 250 Å². The Morgan fingerprint density at radius 3 is 0.760 bits per heavy atom. The van der Waals surface area contributed by atoms with Crippen LogP contribution in [0.25, 0.3) is 48.6 Å². The standard InChI is InChI=1S/C32H20N10O8/c43-39(44)29-9-1-5-21(33-29)13-17-25-26(18-14-22-6-2-10-30(34-22)40(45)46)38-28(20-16-24-8-4-12-32(36-24)42(49)50)27(37-25)19-15-23-7-3-11-31(35-23)41(47)48/h1-20H. The first kappa shape index (κ1) is 33.6. The molecule has 0 unspecified atom stereocenters. The fourth-order valence-corrected chi connectivity index (χ4v) is 4.17. The highest BCUT2D eigenvalue weighted by Gasteiger charge is 2.14. The van der Waals surface area contributed by atoms with Crippen molar-refractivity contribution in [3.63, 3.8) is 0 Å². The van der Waals surface area contributed by atoms with E-state index >= 15 is 0 Å². The maximum atomic E-state index is 11.3. The lowest BCUT2D eigenvalue weighted by Gasteiger charge is -2.06. The molecule has 0 fully saturated rings. The quantitative estimate of drug-likeness (QED) is 0.103. The predicted octanol–water partition coefficient (Wildman–Crippen LogP) is 6.37. The Balaban J connectivity index is 1.66. The van der Waals surface area contributed by atoms with Crippen molar-refractivity contribution in [3.05, 3.63) is 159 Å². The highest BCUT2D eigenvalue weighted by molar-refractivity contribution is 5.80. The molecule has 0 amide bonds. The van der Waals surface area contributed by atoms with E-state index < -0.39 is 19.7 Å². The number of pyridine rings is 4. The van der Waals surface area contributed by atoms with Crippen LogP contribution in [0, 0.1) is 40.5 Å². The van der Waals surface area contributed by atoms with E-state index in [4.69, 9.17) is 9.97 Å². The largest absolute Gasteiger partial charge is 0.364 e. The monoisotopic (exact) mass is 672 g/mol. The number of hydrogen-bond acceptors (Lipinski definition) is 14. The zero-order chi connectivity index (χ0) is 35.6. The van der Waals surface area contributed by atoms with Crippen LogP contribution in [0.5, 0.6) is 0 Å². The Hall–Kier alpha value is -7.76. The SMILES string of the molecule is O=[N+]([O-])c1cccc(C=Cc2nc(C=Cc3cccc([N+](=O)[O-])n3)c(C=Cc3cccc([N+](=O)[O-])n3)nc2C=Cc2cccc([N+](=O)[O-])n2)n1. The number of rotatable bonds is 12. The van der Waals surface area contributed by atoms with Gasteiger partial charge in [0.1, 0.15) is 0 Å². The van der Waals surface area contributed by atoms with Crippen molar-refractivity contribution < 1.29 is 19.7 Å². The van der Waals surface area contributed by atoms with E-state index in [9.17, 15) is 40.5 Å². The molecule has 0 spiro atoms. The molecule has 0 saturated heterocycles. The number of nitro groups is 4. The van der Waals surface area contributed by atoms with E-state index in [1.165, 1.54) is 121 Å². The van der Waals surface area contributed by atoms with E-state index in [-0.39, 0.29) is 68.8 Å². The molecule has 0 saturated carbocycles. The second kappa shape index (κ2) is 15.2. The number of aromatic nitrogens is 6. The minimum Gasteiger partial charge on any atom is -0.358 e. The van der Waals surface area contributed by atoms with E-state index in [1.54, 1.807) is 0 Å². The van der Waals surface area contributed by atoms with Crippen LogP contribution in [-0.2, 0) is 0 Å². The summed E-state index contributed by atoms with van der Waals surface area (Å²) in [5.74, 6) is -1.51. The normalized spacial score (nSPS) is 11.5. The van der Waals surface area contributed by atoms with Crippen LogP contribution in [0.15, 0.2) is 72.8 Å². The summed E-state index contributed by atoms with van der Waals surface area (Å²) in [7, 11) is 0. The third-order valence-electron chi connectivity index (χ3n) is 6.43. The van der Waals surface area contributed by atoms with Gasteiger partial charge in [0.2, 0.25) is 0 Å². The molecular weight excluding hydrogens is 652 g/mol. The molecule has 18 nitrogen and oxygen atoms in total. The average Bonchev–Trinajstić information content (AvgIpc) is 3.12. The van der Waals surface area contributed by atoms with E-state index in [1.807, 2.05) is 0 Å². The lowest BCUT2D eigenvalue weighted by molar-refractivity contribution is -0.389. The van der Waals surface area contributed by atoms with Gasteiger partial charge in [-0.2, -0.15) is 0 Å². The summed E-state index contributed by atoms with van der Waals surface area (Å²) < 4.78 is 0. The predicted molar refractivity (Wildman–Crippen MR) is 181 cm³/mol. The molecule has 0 radical (unpaired) electrons. The average molecular weight is 673 g/mol. The van der Waals surface area contributed by atoms with Crippen molar-refractivity contribution in [3.8, 4) is 0 Å². The first-order chi connectivity index (χ1) is 24.0.